The zero-order valence-electron chi connectivity index (χ0n) is 11.5. The first kappa shape index (κ1) is 14.0. The number of methoxy groups -OCH3 is 1. The Balaban J connectivity index is 2.46. The smallest absolute Gasteiger partial charge is 0.358 e. The third-order valence-electron chi connectivity index (χ3n) is 2.89. The number of hydrogen-bond donors (Lipinski definition) is 0. The van der Waals surface area contributed by atoms with E-state index in [9.17, 15) is 9.18 Å². The SMILES string of the molecule is CCOC(=O)c1ncn(-c2cc(OC)ccc2F)c1C. The average Bonchev–Trinajstić information content (AvgIpc) is 2.81. The maximum Gasteiger partial charge on any atom is 0.358 e. The van der Waals surface area contributed by atoms with Gasteiger partial charge in [0, 0.05) is 6.07 Å². The number of hydrogen-bond acceptors (Lipinski definition) is 4. The van der Waals surface area contributed by atoms with E-state index in [1.807, 2.05) is 0 Å². The quantitative estimate of drug-likeness (QED) is 0.806. The van der Waals surface area contributed by atoms with Crippen LogP contribution in [-0.4, -0.2) is 29.2 Å². The highest BCUT2D eigenvalue weighted by Gasteiger charge is 2.18. The number of ether oxygens (including phenoxy) is 2. The Morgan fingerprint density at radius 1 is 1.45 bits per heavy atom. The van der Waals surface area contributed by atoms with Gasteiger partial charge in [-0.05, 0) is 26.0 Å². The molecular formula is C14H15FN2O3. The first-order chi connectivity index (χ1) is 9.58. The minimum atomic E-state index is -0.521. The molecule has 0 spiro atoms. The summed E-state index contributed by atoms with van der Waals surface area (Å²) in [6.45, 7) is 3.66. The predicted octanol–water partition coefficient (Wildman–Crippen LogP) is 2.51. The van der Waals surface area contributed by atoms with E-state index in [1.165, 1.54) is 30.1 Å². The van der Waals surface area contributed by atoms with Crippen LogP contribution < -0.4 is 4.74 Å². The third kappa shape index (κ3) is 2.49. The molecule has 2 rings (SSSR count). The molecule has 0 atom stereocenters. The molecule has 1 heterocycles. The summed E-state index contributed by atoms with van der Waals surface area (Å²) in [5, 5.41) is 0. The van der Waals surface area contributed by atoms with Crippen molar-refractivity contribution in [3.8, 4) is 11.4 Å². The minimum absolute atomic E-state index is 0.175. The van der Waals surface area contributed by atoms with Gasteiger partial charge in [0.1, 0.15) is 17.9 Å². The van der Waals surface area contributed by atoms with E-state index in [0.717, 1.165) is 0 Å². The summed E-state index contributed by atoms with van der Waals surface area (Å²) >= 11 is 0. The van der Waals surface area contributed by atoms with Gasteiger partial charge in [-0.2, -0.15) is 0 Å². The number of benzene rings is 1. The lowest BCUT2D eigenvalue weighted by molar-refractivity contribution is 0.0519. The molecule has 20 heavy (non-hydrogen) atoms. The van der Waals surface area contributed by atoms with Crippen LogP contribution in [0, 0.1) is 12.7 Å². The Morgan fingerprint density at radius 3 is 2.85 bits per heavy atom. The van der Waals surface area contributed by atoms with Crippen molar-refractivity contribution in [3.63, 3.8) is 0 Å². The highest BCUT2D eigenvalue weighted by atomic mass is 19.1. The molecule has 0 N–H and O–H groups in total. The van der Waals surface area contributed by atoms with Gasteiger partial charge in [-0.25, -0.2) is 14.2 Å². The van der Waals surface area contributed by atoms with Crippen LogP contribution in [0.4, 0.5) is 4.39 Å². The lowest BCUT2D eigenvalue weighted by Gasteiger charge is -2.09. The van der Waals surface area contributed by atoms with E-state index < -0.39 is 11.8 Å². The number of carbonyl (C=O) groups excluding carboxylic acids is 1. The first-order valence-corrected chi connectivity index (χ1v) is 6.13. The average molecular weight is 278 g/mol. The molecule has 0 bridgehead atoms. The monoisotopic (exact) mass is 278 g/mol. The fourth-order valence-corrected chi connectivity index (χ4v) is 1.86. The molecule has 2 aromatic rings. The highest BCUT2D eigenvalue weighted by Crippen LogP contribution is 2.22. The number of carbonyl (C=O) groups is 1. The zero-order valence-corrected chi connectivity index (χ0v) is 11.5. The van der Waals surface area contributed by atoms with E-state index in [1.54, 1.807) is 19.9 Å². The van der Waals surface area contributed by atoms with Gasteiger partial charge in [-0.15, -0.1) is 0 Å². The van der Waals surface area contributed by atoms with Gasteiger partial charge >= 0.3 is 5.97 Å². The van der Waals surface area contributed by atoms with Crippen molar-refractivity contribution in [1.29, 1.82) is 0 Å². The van der Waals surface area contributed by atoms with E-state index in [4.69, 9.17) is 9.47 Å². The molecular weight excluding hydrogens is 263 g/mol. The molecule has 0 unspecified atom stereocenters. The lowest BCUT2D eigenvalue weighted by atomic mass is 10.2. The summed E-state index contributed by atoms with van der Waals surface area (Å²) in [6.07, 6.45) is 1.39. The summed E-state index contributed by atoms with van der Waals surface area (Å²) in [5.74, 6) is -0.430. The van der Waals surface area contributed by atoms with Crippen molar-refractivity contribution >= 4 is 5.97 Å². The Labute approximate surface area is 116 Å². The maximum absolute atomic E-state index is 13.9. The molecule has 0 aliphatic heterocycles. The lowest BCUT2D eigenvalue weighted by Crippen LogP contribution is -2.08. The molecule has 1 aromatic carbocycles. The van der Waals surface area contributed by atoms with Gasteiger partial charge in [-0.1, -0.05) is 0 Å². The Kier molecular flexibility index (Phi) is 4.02. The van der Waals surface area contributed by atoms with Gasteiger partial charge in [0.15, 0.2) is 5.69 Å². The van der Waals surface area contributed by atoms with Crippen LogP contribution in [0.15, 0.2) is 24.5 Å². The second-order valence-electron chi connectivity index (χ2n) is 4.09. The maximum atomic E-state index is 13.9. The molecule has 0 aliphatic carbocycles. The molecule has 106 valence electrons. The van der Waals surface area contributed by atoms with E-state index in [-0.39, 0.29) is 18.0 Å². The molecule has 0 fully saturated rings. The number of nitrogens with zero attached hydrogens (tertiary/aromatic N) is 2. The molecule has 0 saturated carbocycles. The van der Waals surface area contributed by atoms with Crippen molar-refractivity contribution in [2.24, 2.45) is 0 Å². The number of halogens is 1. The van der Waals surface area contributed by atoms with Crippen LogP contribution in [0.2, 0.25) is 0 Å². The Hall–Kier alpha value is -2.37. The van der Waals surface area contributed by atoms with Gasteiger partial charge in [-0.3, -0.25) is 4.57 Å². The fourth-order valence-electron chi connectivity index (χ4n) is 1.86. The van der Waals surface area contributed by atoms with Crippen molar-refractivity contribution in [2.75, 3.05) is 13.7 Å². The van der Waals surface area contributed by atoms with Gasteiger partial charge in [0.05, 0.1) is 25.1 Å². The number of esters is 1. The number of aromatic nitrogens is 2. The summed E-state index contributed by atoms with van der Waals surface area (Å²) in [6, 6.07) is 4.37. The van der Waals surface area contributed by atoms with E-state index in [2.05, 4.69) is 4.98 Å². The van der Waals surface area contributed by atoms with Crippen LogP contribution in [0.1, 0.15) is 23.1 Å². The molecule has 6 heteroatoms. The summed E-state index contributed by atoms with van der Waals surface area (Å²) in [7, 11) is 1.50. The van der Waals surface area contributed by atoms with Crippen LogP contribution >= 0.6 is 0 Å². The molecule has 0 radical (unpaired) electrons. The second kappa shape index (κ2) is 5.73. The van der Waals surface area contributed by atoms with E-state index >= 15 is 0 Å². The summed E-state index contributed by atoms with van der Waals surface area (Å²) < 4.78 is 25.4. The van der Waals surface area contributed by atoms with Crippen molar-refractivity contribution < 1.29 is 18.7 Å². The highest BCUT2D eigenvalue weighted by molar-refractivity contribution is 5.88. The van der Waals surface area contributed by atoms with Crippen LogP contribution in [0.5, 0.6) is 5.75 Å². The van der Waals surface area contributed by atoms with Gasteiger partial charge in [0.2, 0.25) is 0 Å². The fraction of sp³-hybridized carbons (Fsp3) is 0.286. The largest absolute Gasteiger partial charge is 0.497 e. The summed E-state index contributed by atoms with van der Waals surface area (Å²) in [4.78, 5) is 15.7. The third-order valence-corrected chi connectivity index (χ3v) is 2.89. The normalized spacial score (nSPS) is 10.4. The first-order valence-electron chi connectivity index (χ1n) is 6.13. The van der Waals surface area contributed by atoms with E-state index in [0.29, 0.717) is 11.4 Å². The second-order valence-corrected chi connectivity index (χ2v) is 4.09. The molecule has 0 amide bonds. The standard InChI is InChI=1S/C14H15FN2O3/c1-4-20-14(18)13-9(2)17(8-16-13)12-7-10(19-3)5-6-11(12)15/h5-8H,4H2,1-3H3. The predicted molar refractivity (Wildman–Crippen MR) is 70.8 cm³/mol. The number of rotatable bonds is 4. The molecule has 5 nitrogen and oxygen atoms in total. The molecule has 0 saturated heterocycles. The van der Waals surface area contributed by atoms with Gasteiger partial charge in [0.25, 0.3) is 0 Å². The zero-order chi connectivity index (χ0) is 14.7. The van der Waals surface area contributed by atoms with Crippen molar-refractivity contribution in [2.45, 2.75) is 13.8 Å². The molecule has 0 aliphatic rings. The van der Waals surface area contributed by atoms with Crippen molar-refractivity contribution in [3.05, 3.63) is 41.7 Å². The Morgan fingerprint density at radius 2 is 2.20 bits per heavy atom. The number of imidazole rings is 1. The van der Waals surface area contributed by atoms with Crippen molar-refractivity contribution in [1.82, 2.24) is 9.55 Å². The summed E-state index contributed by atoms with van der Waals surface area (Å²) in [5.41, 5.74) is 0.953. The Bertz CT molecular complexity index is 637. The molecule has 1 aromatic heterocycles. The minimum Gasteiger partial charge on any atom is -0.497 e. The topological polar surface area (TPSA) is 53.3 Å². The van der Waals surface area contributed by atoms with Gasteiger partial charge < -0.3 is 9.47 Å². The van der Waals surface area contributed by atoms with Crippen LogP contribution in [0.25, 0.3) is 5.69 Å². The van der Waals surface area contributed by atoms with Crippen LogP contribution in [0.3, 0.4) is 0 Å². The van der Waals surface area contributed by atoms with Crippen LogP contribution in [-0.2, 0) is 4.74 Å².